The van der Waals surface area contributed by atoms with Gasteiger partial charge in [-0.05, 0) is 37.6 Å². The molecule has 2 rings (SSSR count). The van der Waals surface area contributed by atoms with Crippen molar-refractivity contribution in [1.82, 2.24) is 20.4 Å². The number of likely N-dealkylation sites (N-methyl/N-ethyl adjacent to an activating group) is 1. The predicted molar refractivity (Wildman–Crippen MR) is 118 cm³/mol. The van der Waals surface area contributed by atoms with Gasteiger partial charge in [-0.15, -0.1) is 24.0 Å². The Bertz CT molecular complexity index is 546. The topological polar surface area (TPSA) is 42.9 Å². The summed E-state index contributed by atoms with van der Waals surface area (Å²) < 4.78 is 13.2. The van der Waals surface area contributed by atoms with Crippen LogP contribution >= 0.6 is 24.0 Å². The minimum atomic E-state index is -0.183. The minimum absolute atomic E-state index is 0. The summed E-state index contributed by atoms with van der Waals surface area (Å²) in [6.45, 7) is 11.8. The highest BCUT2D eigenvalue weighted by Gasteiger charge is 2.20. The fourth-order valence-electron chi connectivity index (χ4n) is 3.13. The zero-order valence-electron chi connectivity index (χ0n) is 16.2. The first-order chi connectivity index (χ1) is 12.1. The Morgan fingerprint density at radius 1 is 1.23 bits per heavy atom. The summed E-state index contributed by atoms with van der Waals surface area (Å²) in [5, 5.41) is 6.70. The number of halogens is 2. The van der Waals surface area contributed by atoms with E-state index in [4.69, 9.17) is 0 Å². The van der Waals surface area contributed by atoms with E-state index in [9.17, 15) is 4.39 Å². The minimum Gasteiger partial charge on any atom is -0.356 e. The number of guanidine groups is 1. The van der Waals surface area contributed by atoms with Gasteiger partial charge in [-0.1, -0.05) is 19.1 Å². The maximum atomic E-state index is 13.2. The lowest BCUT2D eigenvalue weighted by atomic mass is 10.1. The molecule has 0 bridgehead atoms. The highest BCUT2D eigenvalue weighted by atomic mass is 127. The van der Waals surface area contributed by atoms with Gasteiger partial charge in [-0.25, -0.2) is 4.39 Å². The fraction of sp³-hybridized carbons (Fsp3) is 0.632. The second-order valence-corrected chi connectivity index (χ2v) is 6.58. The molecule has 1 unspecified atom stereocenters. The molecule has 1 saturated heterocycles. The van der Waals surface area contributed by atoms with Crippen LogP contribution in [0.4, 0.5) is 4.39 Å². The Labute approximate surface area is 174 Å². The van der Waals surface area contributed by atoms with Gasteiger partial charge in [0.1, 0.15) is 5.82 Å². The highest BCUT2D eigenvalue weighted by molar-refractivity contribution is 14.0. The molecular weight excluding hydrogens is 444 g/mol. The molecule has 5 nitrogen and oxygen atoms in total. The fourth-order valence-corrected chi connectivity index (χ4v) is 3.13. The van der Waals surface area contributed by atoms with Crippen molar-refractivity contribution >= 4 is 29.9 Å². The van der Waals surface area contributed by atoms with E-state index in [1.165, 1.54) is 6.07 Å². The quantitative estimate of drug-likeness (QED) is 0.359. The van der Waals surface area contributed by atoms with E-state index in [2.05, 4.69) is 39.3 Å². The van der Waals surface area contributed by atoms with Gasteiger partial charge in [0.05, 0.1) is 0 Å². The van der Waals surface area contributed by atoms with Crippen molar-refractivity contribution < 1.29 is 4.39 Å². The number of piperazine rings is 1. The Morgan fingerprint density at radius 3 is 2.58 bits per heavy atom. The van der Waals surface area contributed by atoms with Crippen molar-refractivity contribution in [3.63, 3.8) is 0 Å². The van der Waals surface area contributed by atoms with Gasteiger partial charge in [0.25, 0.3) is 0 Å². The molecule has 1 aliphatic heterocycles. The predicted octanol–water partition coefficient (Wildman–Crippen LogP) is 2.18. The van der Waals surface area contributed by atoms with Crippen LogP contribution in [0.1, 0.15) is 19.4 Å². The van der Waals surface area contributed by atoms with Crippen LogP contribution in [0.2, 0.25) is 0 Å². The van der Waals surface area contributed by atoms with E-state index >= 15 is 0 Å². The van der Waals surface area contributed by atoms with Crippen LogP contribution in [0.15, 0.2) is 29.3 Å². The zero-order valence-corrected chi connectivity index (χ0v) is 18.5. The second kappa shape index (κ2) is 12.5. The van der Waals surface area contributed by atoms with Gasteiger partial charge in [0, 0.05) is 52.4 Å². The molecule has 26 heavy (non-hydrogen) atoms. The van der Waals surface area contributed by atoms with Crippen LogP contribution in [0.5, 0.6) is 0 Å². The Balaban J connectivity index is 0.00000338. The summed E-state index contributed by atoms with van der Waals surface area (Å²) in [5.74, 6) is 0.618. The van der Waals surface area contributed by atoms with Crippen LogP contribution in [0, 0.1) is 5.82 Å². The summed E-state index contributed by atoms with van der Waals surface area (Å²) in [6.07, 6.45) is 0.771. The van der Waals surface area contributed by atoms with Gasteiger partial charge in [0.15, 0.2) is 5.96 Å². The average Bonchev–Trinajstić information content (AvgIpc) is 2.64. The lowest BCUT2D eigenvalue weighted by Gasteiger charge is -2.37. The molecule has 0 aliphatic carbocycles. The molecule has 1 aliphatic rings. The van der Waals surface area contributed by atoms with Crippen LogP contribution in [-0.4, -0.2) is 74.7 Å². The summed E-state index contributed by atoms with van der Waals surface area (Å²) >= 11 is 0. The first-order valence-corrected chi connectivity index (χ1v) is 9.27. The number of hydrogen-bond donors (Lipinski definition) is 2. The molecule has 1 atom stereocenters. The number of nitrogens with zero attached hydrogens (tertiary/aromatic N) is 3. The van der Waals surface area contributed by atoms with Crippen molar-refractivity contribution in [3.05, 3.63) is 35.6 Å². The molecule has 0 spiro atoms. The number of benzene rings is 1. The van der Waals surface area contributed by atoms with Gasteiger partial charge in [-0.2, -0.15) is 0 Å². The summed E-state index contributed by atoms with van der Waals surface area (Å²) in [6, 6.07) is 7.21. The molecule has 0 saturated carbocycles. The van der Waals surface area contributed by atoms with Crippen molar-refractivity contribution in [1.29, 1.82) is 0 Å². The van der Waals surface area contributed by atoms with Gasteiger partial charge in [0.2, 0.25) is 0 Å². The van der Waals surface area contributed by atoms with E-state index in [0.717, 1.165) is 63.8 Å². The molecule has 148 valence electrons. The van der Waals surface area contributed by atoms with Crippen molar-refractivity contribution in [2.45, 2.75) is 26.3 Å². The molecule has 1 heterocycles. The summed E-state index contributed by atoms with van der Waals surface area (Å²) in [4.78, 5) is 9.29. The first-order valence-electron chi connectivity index (χ1n) is 9.27. The molecule has 0 amide bonds. The maximum Gasteiger partial charge on any atom is 0.191 e. The Hall–Kier alpha value is -0.930. The van der Waals surface area contributed by atoms with Gasteiger partial charge >= 0.3 is 0 Å². The monoisotopic (exact) mass is 477 g/mol. The van der Waals surface area contributed by atoms with Crippen molar-refractivity contribution in [2.75, 3.05) is 52.9 Å². The zero-order chi connectivity index (χ0) is 18.1. The molecule has 1 aromatic rings. The van der Waals surface area contributed by atoms with Crippen LogP contribution in [0.3, 0.4) is 0 Å². The third kappa shape index (κ3) is 7.75. The smallest absolute Gasteiger partial charge is 0.191 e. The van der Waals surface area contributed by atoms with Gasteiger partial charge < -0.3 is 15.5 Å². The van der Waals surface area contributed by atoms with Gasteiger partial charge in [-0.3, -0.25) is 9.89 Å². The molecule has 0 aromatic heterocycles. The van der Waals surface area contributed by atoms with Crippen molar-refractivity contribution in [3.8, 4) is 0 Å². The molecular formula is C19H33FIN5. The van der Waals surface area contributed by atoms with Crippen LogP contribution in [-0.2, 0) is 6.42 Å². The third-order valence-electron chi connectivity index (χ3n) is 4.86. The maximum absolute atomic E-state index is 13.2. The van der Waals surface area contributed by atoms with E-state index < -0.39 is 0 Å². The van der Waals surface area contributed by atoms with Crippen molar-refractivity contribution in [2.24, 2.45) is 4.99 Å². The largest absolute Gasteiger partial charge is 0.356 e. The molecule has 7 heteroatoms. The first kappa shape index (κ1) is 23.1. The highest BCUT2D eigenvalue weighted by Crippen LogP contribution is 2.05. The lowest BCUT2D eigenvalue weighted by Crippen LogP contribution is -2.53. The van der Waals surface area contributed by atoms with E-state index in [0.29, 0.717) is 6.04 Å². The normalized spacial score (nSPS) is 17.5. The standard InChI is InChI=1S/C19H32FN5.HI/c1-4-24-10-12-25(13-11-24)16(2)15-23-19(21-3)22-9-8-17-6-5-7-18(20)14-17;/h5-7,14,16H,4,8-13,15H2,1-3H3,(H2,21,22,23);1H. The molecule has 2 N–H and O–H groups in total. The molecule has 1 fully saturated rings. The Morgan fingerprint density at radius 2 is 1.96 bits per heavy atom. The lowest BCUT2D eigenvalue weighted by molar-refractivity contribution is 0.107. The van der Waals surface area contributed by atoms with E-state index in [1.54, 1.807) is 19.2 Å². The SMILES string of the molecule is CCN1CCN(C(C)CNC(=NC)NCCc2cccc(F)c2)CC1.I. The van der Waals surface area contributed by atoms with E-state index in [-0.39, 0.29) is 29.8 Å². The third-order valence-corrected chi connectivity index (χ3v) is 4.86. The van der Waals surface area contributed by atoms with Crippen LogP contribution < -0.4 is 10.6 Å². The molecule has 0 radical (unpaired) electrons. The second-order valence-electron chi connectivity index (χ2n) is 6.58. The number of hydrogen-bond acceptors (Lipinski definition) is 3. The van der Waals surface area contributed by atoms with Crippen LogP contribution in [0.25, 0.3) is 0 Å². The summed E-state index contributed by atoms with van der Waals surface area (Å²) in [5.41, 5.74) is 0.991. The summed E-state index contributed by atoms with van der Waals surface area (Å²) in [7, 11) is 1.78. The Kier molecular flexibility index (Phi) is 11.1. The number of rotatable bonds is 7. The average molecular weight is 477 g/mol. The number of nitrogens with one attached hydrogen (secondary N) is 2. The van der Waals surface area contributed by atoms with E-state index in [1.807, 2.05) is 6.07 Å². The number of aliphatic imine (C=N–C) groups is 1. The molecule has 1 aromatic carbocycles.